The van der Waals surface area contributed by atoms with Gasteiger partial charge in [0.1, 0.15) is 5.69 Å². The molecule has 1 aromatic carbocycles. The Morgan fingerprint density at radius 1 is 1.07 bits per heavy atom. The highest BCUT2D eigenvalue weighted by Gasteiger charge is 2.35. The summed E-state index contributed by atoms with van der Waals surface area (Å²) in [6.45, 7) is 10.4. The first-order valence-corrected chi connectivity index (χ1v) is 10.1. The molecule has 3 rings (SSSR count). The quantitative estimate of drug-likeness (QED) is 0.756. The third-order valence-electron chi connectivity index (χ3n) is 5.26. The molecule has 2 heterocycles. The van der Waals surface area contributed by atoms with Crippen molar-refractivity contribution in [3.8, 4) is 0 Å². The summed E-state index contributed by atoms with van der Waals surface area (Å²) in [5.41, 5.74) is 3.38. The lowest BCUT2D eigenvalue weighted by Crippen LogP contribution is -2.43. The van der Waals surface area contributed by atoms with Crippen molar-refractivity contribution in [2.24, 2.45) is 0 Å². The maximum absolute atomic E-state index is 13.0. The van der Waals surface area contributed by atoms with Crippen LogP contribution in [0.3, 0.4) is 0 Å². The summed E-state index contributed by atoms with van der Waals surface area (Å²) in [6, 6.07) is 7.72. The Bertz CT molecular complexity index is 991. The number of hydrogen-bond acceptors (Lipinski definition) is 5. The summed E-state index contributed by atoms with van der Waals surface area (Å²) in [5.74, 6) is -1.46. The minimum Gasteiger partial charge on any atom is -0.459 e. The van der Waals surface area contributed by atoms with E-state index in [0.717, 1.165) is 17.7 Å². The number of anilines is 1. The van der Waals surface area contributed by atoms with Gasteiger partial charge in [-0.3, -0.25) is 4.79 Å². The molecule has 0 spiro atoms. The van der Waals surface area contributed by atoms with E-state index in [-0.39, 0.29) is 23.7 Å². The Balaban J connectivity index is 1.77. The molecule has 0 bridgehead atoms. The van der Waals surface area contributed by atoms with Crippen molar-refractivity contribution in [3.63, 3.8) is 0 Å². The van der Waals surface area contributed by atoms with Crippen LogP contribution in [-0.4, -0.2) is 41.1 Å². The second-order valence-corrected chi connectivity index (χ2v) is 8.02. The first kappa shape index (κ1) is 21.6. The van der Waals surface area contributed by atoms with Gasteiger partial charge in [-0.1, -0.05) is 18.2 Å². The first-order valence-electron chi connectivity index (χ1n) is 10.1. The van der Waals surface area contributed by atoms with Crippen LogP contribution < -0.4 is 4.90 Å². The lowest BCUT2D eigenvalue weighted by atomic mass is 10.1. The molecule has 1 aromatic heterocycles. The third kappa shape index (κ3) is 3.97. The number of carbonyl (C=O) groups is 3. The van der Waals surface area contributed by atoms with Crippen molar-refractivity contribution in [1.82, 2.24) is 4.98 Å². The second kappa shape index (κ2) is 8.34. The van der Waals surface area contributed by atoms with E-state index in [1.807, 2.05) is 31.2 Å². The number of amides is 1. The Kier molecular flexibility index (Phi) is 6.01. The highest BCUT2D eigenvalue weighted by atomic mass is 16.6. The van der Waals surface area contributed by atoms with E-state index in [1.165, 1.54) is 0 Å². The number of aromatic amines is 1. The molecule has 30 heavy (non-hydrogen) atoms. The van der Waals surface area contributed by atoms with E-state index in [2.05, 4.69) is 4.98 Å². The second-order valence-electron chi connectivity index (χ2n) is 8.02. The number of nitrogens with zero attached hydrogens (tertiary/aromatic N) is 1. The van der Waals surface area contributed by atoms with Crippen LogP contribution in [0.5, 0.6) is 0 Å². The zero-order valence-electron chi connectivity index (χ0n) is 18.2. The van der Waals surface area contributed by atoms with Gasteiger partial charge < -0.3 is 19.4 Å². The first-order chi connectivity index (χ1) is 14.1. The maximum Gasteiger partial charge on any atom is 0.355 e. The smallest absolute Gasteiger partial charge is 0.355 e. The molecular weight excluding hydrogens is 384 g/mol. The van der Waals surface area contributed by atoms with E-state index in [1.54, 1.807) is 39.5 Å². The van der Waals surface area contributed by atoms with Gasteiger partial charge in [0.25, 0.3) is 5.91 Å². The predicted molar refractivity (Wildman–Crippen MR) is 113 cm³/mol. The number of hydrogen-bond donors (Lipinski definition) is 1. The van der Waals surface area contributed by atoms with Crippen LogP contribution in [0, 0.1) is 13.8 Å². The summed E-state index contributed by atoms with van der Waals surface area (Å²) in [7, 11) is 0. The van der Waals surface area contributed by atoms with Crippen molar-refractivity contribution in [3.05, 3.63) is 52.3 Å². The van der Waals surface area contributed by atoms with E-state index >= 15 is 0 Å². The van der Waals surface area contributed by atoms with Gasteiger partial charge in [-0.15, -0.1) is 0 Å². The largest absolute Gasteiger partial charge is 0.459 e. The van der Waals surface area contributed by atoms with Gasteiger partial charge in [0.15, 0.2) is 6.10 Å². The topological polar surface area (TPSA) is 88.7 Å². The molecule has 0 saturated heterocycles. The normalized spacial score (nSPS) is 16.4. The van der Waals surface area contributed by atoms with Gasteiger partial charge in [-0.2, -0.15) is 0 Å². The lowest BCUT2D eigenvalue weighted by Gasteiger charge is -2.25. The van der Waals surface area contributed by atoms with Gasteiger partial charge in [0.05, 0.1) is 11.7 Å². The number of esters is 2. The number of benzene rings is 1. The van der Waals surface area contributed by atoms with E-state index < -0.39 is 18.0 Å². The van der Waals surface area contributed by atoms with Crippen molar-refractivity contribution >= 4 is 23.5 Å². The molecule has 0 aliphatic carbocycles. The van der Waals surface area contributed by atoms with E-state index in [4.69, 9.17) is 9.47 Å². The number of fused-ring (bicyclic) bond motifs is 1. The van der Waals surface area contributed by atoms with Gasteiger partial charge in [0, 0.05) is 17.4 Å². The highest BCUT2D eigenvalue weighted by Crippen LogP contribution is 2.32. The van der Waals surface area contributed by atoms with Crippen LogP contribution in [0.1, 0.15) is 65.4 Å². The number of aryl methyl sites for hydroxylation is 1. The number of H-pyrrole nitrogens is 1. The van der Waals surface area contributed by atoms with Gasteiger partial charge in [-0.05, 0) is 65.2 Å². The Morgan fingerprint density at radius 3 is 2.40 bits per heavy atom. The number of rotatable bonds is 5. The van der Waals surface area contributed by atoms with Crippen LogP contribution in [0.15, 0.2) is 24.3 Å². The van der Waals surface area contributed by atoms with Gasteiger partial charge in [0.2, 0.25) is 0 Å². The van der Waals surface area contributed by atoms with Crippen LogP contribution in [0.2, 0.25) is 0 Å². The zero-order chi connectivity index (χ0) is 22.2. The van der Waals surface area contributed by atoms with E-state index in [0.29, 0.717) is 16.8 Å². The molecule has 2 aromatic rings. The third-order valence-corrected chi connectivity index (χ3v) is 5.26. The molecule has 2 atom stereocenters. The number of ether oxygens (including phenoxy) is 2. The molecular formula is C23H28N2O5. The van der Waals surface area contributed by atoms with E-state index in [9.17, 15) is 14.4 Å². The molecule has 160 valence electrons. The molecule has 0 radical (unpaired) electrons. The van der Waals surface area contributed by atoms with Crippen molar-refractivity contribution in [2.45, 2.75) is 66.2 Å². The molecule has 0 unspecified atom stereocenters. The summed E-state index contributed by atoms with van der Waals surface area (Å²) >= 11 is 0. The average molecular weight is 412 g/mol. The van der Waals surface area contributed by atoms with Crippen molar-refractivity contribution < 1.29 is 23.9 Å². The van der Waals surface area contributed by atoms with Crippen LogP contribution in [0.25, 0.3) is 0 Å². The Hall–Kier alpha value is -3.09. The standard InChI is InChI=1S/C23H28N2O5/c1-12(2)29-22(27)19-14(4)20(24-15(19)5)23(28)30-16(6)21(26)25-13(3)11-17-9-7-8-10-18(17)25/h7-10,12-13,16,24H,11H2,1-6H3/t13-,16-/m1/s1. The monoisotopic (exact) mass is 412 g/mol. The fourth-order valence-corrected chi connectivity index (χ4v) is 3.90. The van der Waals surface area contributed by atoms with Crippen molar-refractivity contribution in [1.29, 1.82) is 0 Å². The Labute approximate surface area is 176 Å². The molecule has 1 amide bonds. The number of aromatic nitrogens is 1. The fourth-order valence-electron chi connectivity index (χ4n) is 3.90. The summed E-state index contributed by atoms with van der Waals surface area (Å²) in [4.78, 5) is 42.7. The van der Waals surface area contributed by atoms with Crippen LogP contribution in [0.4, 0.5) is 5.69 Å². The van der Waals surface area contributed by atoms with Gasteiger partial charge >= 0.3 is 11.9 Å². The molecule has 7 nitrogen and oxygen atoms in total. The fraction of sp³-hybridized carbons (Fsp3) is 0.435. The molecule has 0 fully saturated rings. The average Bonchev–Trinajstić information content (AvgIpc) is 3.15. The maximum atomic E-state index is 13.0. The van der Waals surface area contributed by atoms with Crippen LogP contribution in [-0.2, 0) is 20.7 Å². The molecule has 1 aliphatic rings. The number of carbonyl (C=O) groups excluding carboxylic acids is 3. The van der Waals surface area contributed by atoms with Gasteiger partial charge in [-0.25, -0.2) is 9.59 Å². The summed E-state index contributed by atoms with van der Waals surface area (Å²) < 4.78 is 10.7. The van der Waals surface area contributed by atoms with Crippen LogP contribution >= 0.6 is 0 Å². The summed E-state index contributed by atoms with van der Waals surface area (Å²) in [5, 5.41) is 0. The number of nitrogens with one attached hydrogen (secondary N) is 1. The van der Waals surface area contributed by atoms with Crippen molar-refractivity contribution in [2.75, 3.05) is 4.90 Å². The minimum atomic E-state index is -0.972. The number of para-hydroxylation sites is 1. The molecule has 7 heteroatoms. The molecule has 1 N–H and O–H groups in total. The highest BCUT2D eigenvalue weighted by molar-refractivity contribution is 6.02. The zero-order valence-corrected chi connectivity index (χ0v) is 18.2. The summed E-state index contributed by atoms with van der Waals surface area (Å²) in [6.07, 6.45) is -0.483. The molecule has 1 aliphatic heterocycles. The molecule has 0 saturated carbocycles. The Morgan fingerprint density at radius 2 is 1.73 bits per heavy atom. The minimum absolute atomic E-state index is 0.0112. The lowest BCUT2D eigenvalue weighted by molar-refractivity contribution is -0.126. The SMILES string of the molecule is Cc1[nH]c(C(=O)O[C@H](C)C(=O)N2c3ccccc3C[C@H]2C)c(C)c1C(=O)OC(C)C. The predicted octanol–water partition coefficient (Wildman–Crippen LogP) is 3.72.